The van der Waals surface area contributed by atoms with Gasteiger partial charge in [-0.3, -0.25) is 9.69 Å². The van der Waals surface area contributed by atoms with Crippen molar-refractivity contribution in [3.05, 3.63) is 10.1 Å². The van der Waals surface area contributed by atoms with Crippen molar-refractivity contribution >= 4 is 5.91 Å². The van der Waals surface area contributed by atoms with Crippen LogP contribution in [0.15, 0.2) is 0 Å². The Hall–Kier alpha value is -1.41. The minimum absolute atomic E-state index is 0.0405. The van der Waals surface area contributed by atoms with E-state index < -0.39 is 5.09 Å². The molecular weight excluding hydrogens is 278 g/mol. The molecule has 1 heterocycles. The highest BCUT2D eigenvalue weighted by Crippen LogP contribution is 2.26. The molecule has 8 nitrogen and oxygen atoms in total. The fraction of sp³-hybridized carbons (Fsp3) is 0.923. The zero-order chi connectivity index (χ0) is 15.1. The molecule has 2 aliphatic rings. The van der Waals surface area contributed by atoms with Crippen LogP contribution in [-0.4, -0.2) is 61.4 Å². The Labute approximate surface area is 123 Å². The summed E-state index contributed by atoms with van der Waals surface area (Å²) >= 11 is 0. The molecular formula is C13H23N3O5. The average Bonchev–Trinajstić information content (AvgIpc) is 2.48. The molecule has 8 heteroatoms. The molecule has 2 fully saturated rings. The van der Waals surface area contributed by atoms with Gasteiger partial charge in [-0.2, -0.15) is 0 Å². The number of hydrogen-bond acceptors (Lipinski definition) is 6. The predicted molar refractivity (Wildman–Crippen MR) is 74.1 cm³/mol. The number of morpholine rings is 1. The quantitative estimate of drug-likeness (QED) is 0.556. The van der Waals surface area contributed by atoms with Gasteiger partial charge in [-0.05, 0) is 25.7 Å². The van der Waals surface area contributed by atoms with E-state index in [1.807, 2.05) is 0 Å². The van der Waals surface area contributed by atoms with Gasteiger partial charge < -0.3 is 14.9 Å². The maximum atomic E-state index is 12.0. The average molecular weight is 301 g/mol. The molecule has 1 amide bonds. The lowest BCUT2D eigenvalue weighted by molar-refractivity contribution is -0.769. The zero-order valence-electron chi connectivity index (χ0n) is 12.2. The number of amides is 1. The van der Waals surface area contributed by atoms with E-state index in [4.69, 9.17) is 4.74 Å². The molecule has 0 aromatic rings. The first-order valence-electron chi connectivity index (χ1n) is 7.54. The lowest BCUT2D eigenvalue weighted by Gasteiger charge is -2.28. The highest BCUT2D eigenvalue weighted by atomic mass is 17.0. The molecule has 0 atom stereocenters. The van der Waals surface area contributed by atoms with Crippen LogP contribution in [0.4, 0.5) is 0 Å². The molecule has 0 radical (unpaired) electrons. The summed E-state index contributed by atoms with van der Waals surface area (Å²) in [6, 6.07) is 0. The van der Waals surface area contributed by atoms with Crippen molar-refractivity contribution in [2.75, 3.05) is 39.4 Å². The third kappa shape index (κ3) is 5.47. The molecule has 0 spiro atoms. The summed E-state index contributed by atoms with van der Waals surface area (Å²) in [5.41, 5.74) is 0. The van der Waals surface area contributed by atoms with Crippen molar-refractivity contribution in [1.82, 2.24) is 10.2 Å². The smallest absolute Gasteiger partial charge is 0.294 e. The van der Waals surface area contributed by atoms with E-state index in [0.717, 1.165) is 32.8 Å². The van der Waals surface area contributed by atoms with E-state index in [-0.39, 0.29) is 17.9 Å². The highest BCUT2D eigenvalue weighted by Gasteiger charge is 2.27. The minimum Gasteiger partial charge on any atom is -0.379 e. The van der Waals surface area contributed by atoms with E-state index in [1.54, 1.807) is 0 Å². The summed E-state index contributed by atoms with van der Waals surface area (Å²) in [6.07, 6.45) is 2.10. The lowest BCUT2D eigenvalue weighted by atomic mass is 9.87. The molecule has 0 aromatic heterocycles. The summed E-state index contributed by atoms with van der Waals surface area (Å²) in [5, 5.41) is 12.5. The van der Waals surface area contributed by atoms with Crippen molar-refractivity contribution in [1.29, 1.82) is 0 Å². The summed E-state index contributed by atoms with van der Waals surface area (Å²) < 4.78 is 5.27. The molecule has 1 N–H and O–H groups in total. The van der Waals surface area contributed by atoms with Crippen LogP contribution >= 0.6 is 0 Å². The number of carbonyl (C=O) groups excluding carboxylic acids is 1. The van der Waals surface area contributed by atoms with E-state index >= 15 is 0 Å². The standard InChI is InChI=1S/C13H23N3O5/c17-13(14-5-6-15-7-9-20-10-8-15)11-1-3-12(4-2-11)21-16(18)19/h11-12H,1-10H2,(H,14,17). The van der Waals surface area contributed by atoms with Crippen LogP contribution in [0.5, 0.6) is 0 Å². The highest BCUT2D eigenvalue weighted by molar-refractivity contribution is 5.78. The Morgan fingerprint density at radius 1 is 1.29 bits per heavy atom. The van der Waals surface area contributed by atoms with Gasteiger partial charge in [0.25, 0.3) is 5.09 Å². The summed E-state index contributed by atoms with van der Waals surface area (Å²) in [4.78, 5) is 29.1. The van der Waals surface area contributed by atoms with Crippen molar-refractivity contribution in [3.63, 3.8) is 0 Å². The molecule has 1 saturated carbocycles. The first-order valence-corrected chi connectivity index (χ1v) is 7.54. The first-order chi connectivity index (χ1) is 10.1. The van der Waals surface area contributed by atoms with Crippen molar-refractivity contribution in [2.24, 2.45) is 5.92 Å². The second-order valence-electron chi connectivity index (χ2n) is 5.55. The molecule has 0 aromatic carbocycles. The van der Waals surface area contributed by atoms with Gasteiger partial charge in [0.15, 0.2) is 0 Å². The van der Waals surface area contributed by atoms with E-state index in [1.165, 1.54) is 0 Å². The molecule has 2 rings (SSSR count). The van der Waals surface area contributed by atoms with E-state index in [0.29, 0.717) is 32.2 Å². The topological polar surface area (TPSA) is 93.9 Å². The van der Waals surface area contributed by atoms with Gasteiger partial charge in [0, 0.05) is 32.1 Å². The molecule has 1 saturated heterocycles. The van der Waals surface area contributed by atoms with Crippen LogP contribution in [0, 0.1) is 16.0 Å². The Kier molecular flexibility index (Phi) is 6.19. The van der Waals surface area contributed by atoms with Gasteiger partial charge in [0.1, 0.15) is 6.10 Å². The Morgan fingerprint density at radius 3 is 2.57 bits per heavy atom. The maximum Gasteiger partial charge on any atom is 0.294 e. The molecule has 0 unspecified atom stereocenters. The van der Waals surface area contributed by atoms with Crippen molar-refractivity contribution < 1.29 is 19.5 Å². The van der Waals surface area contributed by atoms with Crippen LogP contribution in [0.2, 0.25) is 0 Å². The minimum atomic E-state index is -0.743. The fourth-order valence-corrected chi connectivity index (χ4v) is 2.86. The Bertz CT molecular complexity index is 352. The van der Waals surface area contributed by atoms with E-state index in [2.05, 4.69) is 15.1 Å². The van der Waals surface area contributed by atoms with Gasteiger partial charge in [-0.15, -0.1) is 10.1 Å². The number of ether oxygens (including phenoxy) is 1. The van der Waals surface area contributed by atoms with Crippen LogP contribution in [0.1, 0.15) is 25.7 Å². The number of rotatable bonds is 6. The third-order valence-electron chi connectivity index (χ3n) is 4.11. The maximum absolute atomic E-state index is 12.0. The van der Waals surface area contributed by atoms with Gasteiger partial charge in [0.2, 0.25) is 5.91 Å². The summed E-state index contributed by atoms with van der Waals surface area (Å²) in [7, 11) is 0. The molecule has 1 aliphatic carbocycles. The fourth-order valence-electron chi connectivity index (χ4n) is 2.86. The molecule has 0 bridgehead atoms. The second kappa shape index (κ2) is 8.14. The summed E-state index contributed by atoms with van der Waals surface area (Å²) in [5.74, 6) is 0.0177. The summed E-state index contributed by atoms with van der Waals surface area (Å²) in [6.45, 7) is 4.83. The Balaban J connectivity index is 1.59. The normalized spacial score (nSPS) is 27.0. The number of carbonyl (C=O) groups is 1. The van der Waals surface area contributed by atoms with Gasteiger partial charge >= 0.3 is 0 Å². The lowest BCUT2D eigenvalue weighted by Crippen LogP contribution is -2.43. The van der Waals surface area contributed by atoms with Gasteiger partial charge in [-0.1, -0.05) is 0 Å². The van der Waals surface area contributed by atoms with Crippen molar-refractivity contribution in [3.8, 4) is 0 Å². The molecule has 1 aliphatic heterocycles. The van der Waals surface area contributed by atoms with Gasteiger partial charge in [-0.25, -0.2) is 0 Å². The molecule has 21 heavy (non-hydrogen) atoms. The van der Waals surface area contributed by atoms with Crippen molar-refractivity contribution in [2.45, 2.75) is 31.8 Å². The SMILES string of the molecule is O=C(NCCN1CCOCC1)C1CCC(O[N+](=O)[O-])CC1. The van der Waals surface area contributed by atoms with Gasteiger partial charge in [0.05, 0.1) is 13.2 Å². The number of nitrogens with one attached hydrogen (secondary N) is 1. The molecule has 120 valence electrons. The van der Waals surface area contributed by atoms with Crippen LogP contribution in [0.3, 0.4) is 0 Å². The number of nitrogens with zero attached hydrogens (tertiary/aromatic N) is 2. The van der Waals surface area contributed by atoms with Crippen LogP contribution < -0.4 is 5.32 Å². The largest absolute Gasteiger partial charge is 0.379 e. The predicted octanol–water partition coefficient (Wildman–Crippen LogP) is 0.202. The van der Waals surface area contributed by atoms with E-state index in [9.17, 15) is 14.9 Å². The number of hydrogen-bond donors (Lipinski definition) is 1. The third-order valence-corrected chi connectivity index (χ3v) is 4.11. The second-order valence-corrected chi connectivity index (χ2v) is 5.55. The Morgan fingerprint density at radius 2 is 1.95 bits per heavy atom. The van der Waals surface area contributed by atoms with Crippen LogP contribution in [-0.2, 0) is 14.4 Å². The van der Waals surface area contributed by atoms with Crippen LogP contribution in [0.25, 0.3) is 0 Å². The monoisotopic (exact) mass is 301 g/mol. The first kappa shape index (κ1) is 16.0. The zero-order valence-corrected chi connectivity index (χ0v) is 12.2.